The summed E-state index contributed by atoms with van der Waals surface area (Å²) in [5.74, 6) is 0.410. The zero-order chi connectivity index (χ0) is 18.0. The monoisotopic (exact) mass is 338 g/mol. The number of rotatable bonds is 4. The van der Waals surface area contributed by atoms with Crippen LogP contribution in [0.25, 0.3) is 0 Å². The highest BCUT2D eigenvalue weighted by Gasteiger charge is 2.25. The van der Waals surface area contributed by atoms with Gasteiger partial charge in [0, 0.05) is 23.9 Å². The number of aryl methyl sites for hydroxylation is 2. The number of benzene rings is 2. The minimum Gasteiger partial charge on any atom is -0.481 e. The van der Waals surface area contributed by atoms with Crippen molar-refractivity contribution in [2.45, 2.75) is 27.2 Å². The van der Waals surface area contributed by atoms with E-state index < -0.39 is 0 Å². The summed E-state index contributed by atoms with van der Waals surface area (Å²) < 4.78 is 5.53. The van der Waals surface area contributed by atoms with E-state index in [9.17, 15) is 9.59 Å². The molecule has 3 rings (SSSR count). The fourth-order valence-electron chi connectivity index (χ4n) is 2.84. The maximum Gasteiger partial charge on any atom is 0.265 e. The van der Waals surface area contributed by atoms with E-state index in [4.69, 9.17) is 4.74 Å². The largest absolute Gasteiger partial charge is 0.481 e. The third kappa shape index (κ3) is 3.50. The van der Waals surface area contributed by atoms with Crippen LogP contribution in [0.3, 0.4) is 0 Å². The molecule has 2 amide bonds. The molecular weight excluding hydrogens is 316 g/mol. The highest BCUT2D eigenvalue weighted by atomic mass is 16.5. The van der Waals surface area contributed by atoms with Gasteiger partial charge in [0.2, 0.25) is 0 Å². The van der Waals surface area contributed by atoms with E-state index in [-0.39, 0.29) is 18.4 Å². The Morgan fingerprint density at radius 3 is 2.68 bits per heavy atom. The van der Waals surface area contributed by atoms with Crippen LogP contribution in [0.4, 0.5) is 11.4 Å². The summed E-state index contributed by atoms with van der Waals surface area (Å²) in [4.78, 5) is 26.2. The summed E-state index contributed by atoms with van der Waals surface area (Å²) in [6.07, 6.45) is 0.871. The standard InChI is InChI=1S/C20H22N2O3/c1-4-9-22-17-8-7-16(11-18(17)25-12-19(22)23)21-20(24)15-6-5-13(2)14(3)10-15/h5-8,10-11H,4,9,12H2,1-3H3,(H,21,24). The number of hydrogen-bond acceptors (Lipinski definition) is 3. The smallest absolute Gasteiger partial charge is 0.265 e. The lowest BCUT2D eigenvalue weighted by molar-refractivity contribution is -0.121. The van der Waals surface area contributed by atoms with Crippen molar-refractivity contribution >= 4 is 23.2 Å². The molecule has 1 aliphatic rings. The Bertz CT molecular complexity index is 830. The molecule has 25 heavy (non-hydrogen) atoms. The molecule has 0 radical (unpaired) electrons. The highest BCUT2D eigenvalue weighted by Crippen LogP contribution is 2.34. The molecule has 0 fully saturated rings. The first-order chi connectivity index (χ1) is 12.0. The first kappa shape index (κ1) is 17.0. The van der Waals surface area contributed by atoms with Crippen molar-refractivity contribution in [2.75, 3.05) is 23.4 Å². The maximum absolute atomic E-state index is 12.4. The van der Waals surface area contributed by atoms with Gasteiger partial charge >= 0.3 is 0 Å². The Hall–Kier alpha value is -2.82. The summed E-state index contributed by atoms with van der Waals surface area (Å²) in [7, 11) is 0. The molecule has 0 spiro atoms. The fourth-order valence-corrected chi connectivity index (χ4v) is 2.84. The predicted molar refractivity (Wildman–Crippen MR) is 98.5 cm³/mol. The molecule has 0 aromatic heterocycles. The van der Waals surface area contributed by atoms with Gasteiger partial charge in [-0.15, -0.1) is 0 Å². The van der Waals surface area contributed by atoms with E-state index in [1.165, 1.54) is 0 Å². The first-order valence-corrected chi connectivity index (χ1v) is 8.45. The first-order valence-electron chi connectivity index (χ1n) is 8.45. The fraction of sp³-hybridized carbons (Fsp3) is 0.300. The normalized spacial score (nSPS) is 13.2. The molecule has 2 aromatic rings. The Morgan fingerprint density at radius 1 is 1.16 bits per heavy atom. The topological polar surface area (TPSA) is 58.6 Å². The molecule has 5 heteroatoms. The van der Waals surface area contributed by atoms with Crippen LogP contribution >= 0.6 is 0 Å². The number of nitrogens with zero attached hydrogens (tertiary/aromatic N) is 1. The second-order valence-electron chi connectivity index (χ2n) is 6.27. The van der Waals surface area contributed by atoms with Gasteiger partial charge in [-0.25, -0.2) is 0 Å². The van der Waals surface area contributed by atoms with Crippen LogP contribution in [0.15, 0.2) is 36.4 Å². The molecule has 0 aliphatic carbocycles. The zero-order valence-electron chi connectivity index (χ0n) is 14.8. The average molecular weight is 338 g/mol. The van der Waals surface area contributed by atoms with Crippen LogP contribution in [-0.4, -0.2) is 25.0 Å². The summed E-state index contributed by atoms with van der Waals surface area (Å²) in [5, 5.41) is 2.89. The number of anilines is 2. The van der Waals surface area contributed by atoms with Crippen LogP contribution in [0, 0.1) is 13.8 Å². The van der Waals surface area contributed by atoms with Crippen molar-refractivity contribution < 1.29 is 14.3 Å². The molecule has 130 valence electrons. The lowest BCUT2D eigenvalue weighted by atomic mass is 10.1. The van der Waals surface area contributed by atoms with Crippen LogP contribution in [0.2, 0.25) is 0 Å². The van der Waals surface area contributed by atoms with E-state index in [2.05, 4.69) is 5.32 Å². The van der Waals surface area contributed by atoms with Crippen molar-refractivity contribution in [3.8, 4) is 5.75 Å². The number of nitrogens with one attached hydrogen (secondary N) is 1. The van der Waals surface area contributed by atoms with Crippen molar-refractivity contribution in [3.05, 3.63) is 53.1 Å². The Kier molecular flexibility index (Phi) is 4.74. The molecule has 5 nitrogen and oxygen atoms in total. The Balaban J connectivity index is 1.81. The zero-order valence-corrected chi connectivity index (χ0v) is 14.8. The van der Waals surface area contributed by atoms with Gasteiger partial charge < -0.3 is 15.0 Å². The van der Waals surface area contributed by atoms with E-state index >= 15 is 0 Å². The quantitative estimate of drug-likeness (QED) is 0.925. The van der Waals surface area contributed by atoms with Gasteiger partial charge in [-0.2, -0.15) is 0 Å². The number of hydrogen-bond donors (Lipinski definition) is 1. The van der Waals surface area contributed by atoms with Gasteiger partial charge in [0.25, 0.3) is 11.8 Å². The van der Waals surface area contributed by atoms with Gasteiger partial charge in [0.15, 0.2) is 6.61 Å². The van der Waals surface area contributed by atoms with Crippen molar-refractivity contribution in [2.24, 2.45) is 0 Å². The van der Waals surface area contributed by atoms with Gasteiger partial charge in [0.1, 0.15) is 5.75 Å². The van der Waals surface area contributed by atoms with Crippen LogP contribution in [0.1, 0.15) is 34.8 Å². The predicted octanol–water partition coefficient (Wildman–Crippen LogP) is 3.69. The lowest BCUT2D eigenvalue weighted by Crippen LogP contribution is -2.39. The van der Waals surface area contributed by atoms with Crippen molar-refractivity contribution in [1.29, 1.82) is 0 Å². The molecular formula is C20H22N2O3. The van der Waals surface area contributed by atoms with Gasteiger partial charge in [-0.1, -0.05) is 13.0 Å². The van der Waals surface area contributed by atoms with E-state index in [0.717, 1.165) is 23.2 Å². The lowest BCUT2D eigenvalue weighted by Gasteiger charge is -2.29. The molecule has 0 saturated carbocycles. The van der Waals surface area contributed by atoms with Crippen LogP contribution in [0.5, 0.6) is 5.75 Å². The molecule has 1 heterocycles. The van der Waals surface area contributed by atoms with Crippen LogP contribution in [-0.2, 0) is 4.79 Å². The number of ether oxygens (including phenoxy) is 1. The molecule has 0 atom stereocenters. The molecule has 1 aliphatic heterocycles. The Labute approximate surface area is 147 Å². The number of amides is 2. The molecule has 0 bridgehead atoms. The molecule has 2 aromatic carbocycles. The number of carbonyl (C=O) groups is 2. The summed E-state index contributed by atoms with van der Waals surface area (Å²) in [5.41, 5.74) is 4.24. The van der Waals surface area contributed by atoms with E-state index in [1.807, 2.05) is 45.0 Å². The van der Waals surface area contributed by atoms with Gasteiger partial charge in [-0.05, 0) is 55.7 Å². The number of fused-ring (bicyclic) bond motifs is 1. The minimum absolute atomic E-state index is 0.0293. The molecule has 1 N–H and O–H groups in total. The SMILES string of the molecule is CCCN1C(=O)COc2cc(NC(=O)c3ccc(C)c(C)c3)ccc21. The second kappa shape index (κ2) is 6.97. The second-order valence-corrected chi connectivity index (χ2v) is 6.27. The van der Waals surface area contributed by atoms with Crippen molar-refractivity contribution in [1.82, 2.24) is 0 Å². The average Bonchev–Trinajstić information content (AvgIpc) is 2.60. The van der Waals surface area contributed by atoms with E-state index in [0.29, 0.717) is 23.5 Å². The molecule has 0 unspecified atom stereocenters. The van der Waals surface area contributed by atoms with Crippen molar-refractivity contribution in [3.63, 3.8) is 0 Å². The number of carbonyl (C=O) groups excluding carboxylic acids is 2. The van der Waals surface area contributed by atoms with Gasteiger partial charge in [-0.3, -0.25) is 9.59 Å². The summed E-state index contributed by atoms with van der Waals surface area (Å²) in [6.45, 7) is 6.71. The third-order valence-electron chi connectivity index (χ3n) is 4.38. The van der Waals surface area contributed by atoms with Crippen LogP contribution < -0.4 is 15.0 Å². The summed E-state index contributed by atoms with van der Waals surface area (Å²) >= 11 is 0. The highest BCUT2D eigenvalue weighted by molar-refractivity contribution is 6.05. The summed E-state index contributed by atoms with van der Waals surface area (Å²) in [6, 6.07) is 11.0. The molecule has 0 saturated heterocycles. The third-order valence-corrected chi connectivity index (χ3v) is 4.38. The van der Waals surface area contributed by atoms with E-state index in [1.54, 1.807) is 17.0 Å². The maximum atomic E-state index is 12.4. The minimum atomic E-state index is -0.166. The Morgan fingerprint density at radius 2 is 1.96 bits per heavy atom. The van der Waals surface area contributed by atoms with Gasteiger partial charge in [0.05, 0.1) is 5.69 Å².